The Morgan fingerprint density at radius 3 is 2.59 bits per heavy atom. The molecule has 2 heterocycles. The highest BCUT2D eigenvalue weighted by molar-refractivity contribution is 6.08. The van der Waals surface area contributed by atoms with Gasteiger partial charge in [0.15, 0.2) is 11.6 Å². The van der Waals surface area contributed by atoms with Gasteiger partial charge in [0.25, 0.3) is 5.91 Å². The van der Waals surface area contributed by atoms with Crippen LogP contribution in [0.1, 0.15) is 10.4 Å². The third-order valence-corrected chi connectivity index (χ3v) is 3.06. The molecule has 0 aliphatic rings. The largest absolute Gasteiger partial charge is 0.504 e. The van der Waals surface area contributed by atoms with Crippen LogP contribution in [0.25, 0.3) is 11.1 Å². The van der Waals surface area contributed by atoms with Gasteiger partial charge in [0.1, 0.15) is 6.33 Å². The number of nitrogens with zero attached hydrogens (tertiary/aromatic N) is 3. The number of nitrogens with one attached hydrogen (secondary N) is 1. The molecular formula is C16H12N4O2. The van der Waals surface area contributed by atoms with Crippen molar-refractivity contribution in [1.29, 1.82) is 0 Å². The van der Waals surface area contributed by atoms with Gasteiger partial charge < -0.3 is 10.4 Å². The van der Waals surface area contributed by atoms with E-state index in [9.17, 15) is 9.90 Å². The number of benzene rings is 1. The van der Waals surface area contributed by atoms with E-state index in [1.165, 1.54) is 18.6 Å². The summed E-state index contributed by atoms with van der Waals surface area (Å²) in [6.45, 7) is 0. The van der Waals surface area contributed by atoms with Gasteiger partial charge in [-0.2, -0.15) is 0 Å². The van der Waals surface area contributed by atoms with Gasteiger partial charge in [-0.15, -0.1) is 0 Å². The number of hydrogen-bond donors (Lipinski definition) is 2. The number of rotatable bonds is 3. The fourth-order valence-electron chi connectivity index (χ4n) is 2.04. The number of amides is 1. The maximum Gasteiger partial charge on any atom is 0.257 e. The number of aromatic hydroxyl groups is 1. The second-order valence-corrected chi connectivity index (χ2v) is 4.50. The highest BCUT2D eigenvalue weighted by Crippen LogP contribution is 2.24. The molecule has 3 aromatic rings. The molecule has 6 heteroatoms. The minimum atomic E-state index is -0.367. The predicted octanol–water partition coefficient (Wildman–Crippen LogP) is 2.50. The van der Waals surface area contributed by atoms with Crippen LogP contribution in [-0.4, -0.2) is 26.0 Å². The Morgan fingerprint density at radius 1 is 1.05 bits per heavy atom. The Labute approximate surface area is 126 Å². The van der Waals surface area contributed by atoms with Crippen LogP contribution in [0.4, 0.5) is 5.82 Å². The Kier molecular flexibility index (Phi) is 3.74. The average molecular weight is 292 g/mol. The summed E-state index contributed by atoms with van der Waals surface area (Å²) in [4.78, 5) is 24.3. The number of pyridine rings is 1. The maximum absolute atomic E-state index is 12.5. The Morgan fingerprint density at radius 2 is 1.82 bits per heavy atom. The standard InChI is InChI=1S/C16H12N4O2/c21-14-6-3-7-19-15(14)20-16(22)13-5-2-1-4-12(13)11-8-17-10-18-9-11/h1-10,21H,(H,19,20,22). The molecule has 0 atom stereocenters. The first-order valence-corrected chi connectivity index (χ1v) is 6.55. The van der Waals surface area contributed by atoms with Gasteiger partial charge in [0.2, 0.25) is 0 Å². The van der Waals surface area contributed by atoms with Crippen LogP contribution >= 0.6 is 0 Å². The molecule has 3 rings (SSSR count). The molecule has 6 nitrogen and oxygen atoms in total. The van der Waals surface area contributed by atoms with Gasteiger partial charge in [-0.05, 0) is 23.8 Å². The lowest BCUT2D eigenvalue weighted by Crippen LogP contribution is -2.14. The fourth-order valence-corrected chi connectivity index (χ4v) is 2.04. The molecule has 0 saturated heterocycles. The monoisotopic (exact) mass is 292 g/mol. The van der Waals surface area contributed by atoms with Crippen LogP contribution in [-0.2, 0) is 0 Å². The zero-order chi connectivity index (χ0) is 15.4. The van der Waals surface area contributed by atoms with Crippen molar-refractivity contribution >= 4 is 11.7 Å². The topological polar surface area (TPSA) is 88.0 Å². The molecule has 1 aromatic carbocycles. The molecule has 0 spiro atoms. The number of carbonyl (C=O) groups excluding carboxylic acids is 1. The van der Waals surface area contributed by atoms with E-state index in [0.717, 1.165) is 5.56 Å². The number of anilines is 1. The summed E-state index contributed by atoms with van der Waals surface area (Å²) >= 11 is 0. The average Bonchev–Trinajstić information content (AvgIpc) is 2.58. The van der Waals surface area contributed by atoms with Gasteiger partial charge in [0.05, 0.1) is 0 Å². The quantitative estimate of drug-likeness (QED) is 0.774. The predicted molar refractivity (Wildman–Crippen MR) is 81.3 cm³/mol. The van der Waals surface area contributed by atoms with Crippen molar-refractivity contribution < 1.29 is 9.90 Å². The lowest BCUT2D eigenvalue weighted by molar-refractivity contribution is 0.102. The molecule has 0 bridgehead atoms. The highest BCUT2D eigenvalue weighted by Gasteiger charge is 2.14. The summed E-state index contributed by atoms with van der Waals surface area (Å²) in [5, 5.41) is 12.3. The maximum atomic E-state index is 12.5. The molecule has 22 heavy (non-hydrogen) atoms. The second-order valence-electron chi connectivity index (χ2n) is 4.50. The smallest absolute Gasteiger partial charge is 0.257 e. The van der Waals surface area contributed by atoms with Crippen LogP contribution in [0.2, 0.25) is 0 Å². The summed E-state index contributed by atoms with van der Waals surface area (Å²) in [5.41, 5.74) is 1.89. The summed E-state index contributed by atoms with van der Waals surface area (Å²) in [6.07, 6.45) is 6.19. The van der Waals surface area contributed by atoms with E-state index in [4.69, 9.17) is 0 Å². The van der Waals surface area contributed by atoms with E-state index < -0.39 is 0 Å². The molecule has 0 radical (unpaired) electrons. The summed E-state index contributed by atoms with van der Waals surface area (Å²) in [7, 11) is 0. The van der Waals surface area contributed by atoms with Crippen molar-refractivity contribution in [1.82, 2.24) is 15.0 Å². The zero-order valence-corrected chi connectivity index (χ0v) is 11.5. The molecular weight excluding hydrogens is 280 g/mol. The SMILES string of the molecule is O=C(Nc1ncccc1O)c1ccccc1-c1cncnc1. The van der Waals surface area contributed by atoms with Crippen LogP contribution in [0.15, 0.2) is 61.3 Å². The van der Waals surface area contributed by atoms with Crippen molar-refractivity contribution in [2.75, 3.05) is 5.32 Å². The Hall–Kier alpha value is -3.28. The van der Waals surface area contributed by atoms with Crippen molar-refractivity contribution in [3.05, 3.63) is 66.9 Å². The highest BCUT2D eigenvalue weighted by atomic mass is 16.3. The first-order valence-electron chi connectivity index (χ1n) is 6.55. The van der Waals surface area contributed by atoms with Crippen molar-refractivity contribution in [2.24, 2.45) is 0 Å². The molecule has 1 amide bonds. The number of hydrogen-bond acceptors (Lipinski definition) is 5. The fraction of sp³-hybridized carbons (Fsp3) is 0. The van der Waals surface area contributed by atoms with E-state index in [1.54, 1.807) is 30.6 Å². The van der Waals surface area contributed by atoms with Crippen molar-refractivity contribution in [3.63, 3.8) is 0 Å². The number of carbonyl (C=O) groups is 1. The summed E-state index contributed by atoms with van der Waals surface area (Å²) < 4.78 is 0. The van der Waals surface area contributed by atoms with Gasteiger partial charge >= 0.3 is 0 Å². The normalized spacial score (nSPS) is 10.2. The van der Waals surface area contributed by atoms with E-state index in [-0.39, 0.29) is 17.5 Å². The van der Waals surface area contributed by atoms with E-state index in [1.807, 2.05) is 12.1 Å². The molecule has 0 unspecified atom stereocenters. The lowest BCUT2D eigenvalue weighted by Gasteiger charge is -2.10. The van der Waals surface area contributed by atoms with E-state index in [0.29, 0.717) is 11.1 Å². The van der Waals surface area contributed by atoms with Gasteiger partial charge in [-0.25, -0.2) is 15.0 Å². The third-order valence-electron chi connectivity index (χ3n) is 3.06. The first-order chi connectivity index (χ1) is 10.8. The molecule has 0 fully saturated rings. The van der Waals surface area contributed by atoms with Crippen LogP contribution in [0.5, 0.6) is 5.75 Å². The van der Waals surface area contributed by atoms with Gasteiger partial charge in [-0.3, -0.25) is 4.79 Å². The molecule has 108 valence electrons. The van der Waals surface area contributed by atoms with Crippen molar-refractivity contribution in [3.8, 4) is 16.9 Å². The Balaban J connectivity index is 1.96. The molecule has 0 aliphatic carbocycles. The minimum absolute atomic E-state index is 0.0867. The lowest BCUT2D eigenvalue weighted by atomic mass is 10.0. The minimum Gasteiger partial charge on any atom is -0.504 e. The first kappa shape index (κ1) is 13.7. The van der Waals surface area contributed by atoms with E-state index in [2.05, 4.69) is 20.3 Å². The van der Waals surface area contributed by atoms with Crippen LogP contribution in [0.3, 0.4) is 0 Å². The molecule has 2 aromatic heterocycles. The zero-order valence-electron chi connectivity index (χ0n) is 11.5. The summed E-state index contributed by atoms with van der Waals surface area (Å²) in [6, 6.07) is 10.1. The molecule has 0 saturated carbocycles. The Bertz CT molecular complexity index is 806. The van der Waals surface area contributed by atoms with E-state index >= 15 is 0 Å². The summed E-state index contributed by atoms with van der Waals surface area (Å²) in [5.74, 6) is -0.337. The molecule has 2 N–H and O–H groups in total. The number of aromatic nitrogens is 3. The van der Waals surface area contributed by atoms with Crippen molar-refractivity contribution in [2.45, 2.75) is 0 Å². The van der Waals surface area contributed by atoms with Crippen LogP contribution < -0.4 is 5.32 Å². The third kappa shape index (κ3) is 2.76. The second kappa shape index (κ2) is 6.01. The van der Waals surface area contributed by atoms with Crippen LogP contribution in [0, 0.1) is 0 Å². The molecule has 0 aliphatic heterocycles. The van der Waals surface area contributed by atoms with Gasteiger partial charge in [0, 0.05) is 29.7 Å². The van der Waals surface area contributed by atoms with Gasteiger partial charge in [-0.1, -0.05) is 18.2 Å².